The molecule has 5 nitrogen and oxygen atoms in total. The summed E-state index contributed by atoms with van der Waals surface area (Å²) in [6.45, 7) is 3.99. The predicted molar refractivity (Wildman–Crippen MR) is 97.4 cm³/mol. The number of benzene rings is 1. The first-order valence-corrected chi connectivity index (χ1v) is 9.08. The van der Waals surface area contributed by atoms with Gasteiger partial charge in [-0.25, -0.2) is 9.97 Å². The van der Waals surface area contributed by atoms with Crippen molar-refractivity contribution in [1.82, 2.24) is 9.97 Å². The molecule has 120 valence electrons. The molecular formula is C17H14N4OS2. The number of nitrogens with zero attached hydrogens (tertiary/aromatic N) is 3. The van der Waals surface area contributed by atoms with Gasteiger partial charge in [-0.15, -0.1) is 11.3 Å². The van der Waals surface area contributed by atoms with Crippen LogP contribution in [0.25, 0.3) is 10.9 Å². The average molecular weight is 354 g/mol. The molecule has 0 saturated carbocycles. The van der Waals surface area contributed by atoms with Crippen molar-refractivity contribution in [3.05, 3.63) is 46.5 Å². The van der Waals surface area contributed by atoms with Crippen LogP contribution in [0.3, 0.4) is 0 Å². The fourth-order valence-electron chi connectivity index (χ4n) is 2.28. The first-order valence-electron chi connectivity index (χ1n) is 7.21. The molecule has 0 aliphatic carbocycles. The number of aryl methyl sites for hydroxylation is 2. The lowest BCUT2D eigenvalue weighted by atomic mass is 10.0. The Morgan fingerprint density at radius 1 is 1.38 bits per heavy atom. The smallest absolute Gasteiger partial charge is 0.236 e. The van der Waals surface area contributed by atoms with Crippen molar-refractivity contribution in [1.29, 1.82) is 5.26 Å². The number of carbonyl (C=O) groups excluding carboxylic acids is 1. The summed E-state index contributed by atoms with van der Waals surface area (Å²) in [6, 6.07) is 8.07. The highest BCUT2D eigenvalue weighted by Gasteiger charge is 2.13. The molecule has 3 rings (SSSR count). The van der Waals surface area contributed by atoms with E-state index in [1.165, 1.54) is 23.1 Å². The fraction of sp³-hybridized carbons (Fsp3) is 0.176. The van der Waals surface area contributed by atoms with Crippen molar-refractivity contribution in [2.45, 2.75) is 18.9 Å². The highest BCUT2D eigenvalue weighted by molar-refractivity contribution is 8.00. The normalized spacial score (nSPS) is 10.5. The van der Waals surface area contributed by atoms with Gasteiger partial charge in [-0.1, -0.05) is 23.9 Å². The minimum absolute atomic E-state index is 0.165. The van der Waals surface area contributed by atoms with Crippen LogP contribution >= 0.6 is 23.1 Å². The van der Waals surface area contributed by atoms with E-state index in [9.17, 15) is 10.1 Å². The molecule has 2 heterocycles. The van der Waals surface area contributed by atoms with Gasteiger partial charge in [0, 0.05) is 17.0 Å². The van der Waals surface area contributed by atoms with Gasteiger partial charge in [0.05, 0.1) is 16.8 Å². The molecule has 0 bridgehead atoms. The van der Waals surface area contributed by atoms with Gasteiger partial charge in [0.25, 0.3) is 0 Å². The zero-order valence-electron chi connectivity index (χ0n) is 13.2. The lowest BCUT2D eigenvalue weighted by molar-refractivity contribution is -0.113. The number of thioether (sulfide) groups is 1. The first-order chi connectivity index (χ1) is 11.6. The second kappa shape index (κ2) is 6.99. The van der Waals surface area contributed by atoms with Crippen LogP contribution in [0.15, 0.2) is 34.8 Å². The molecule has 2 aromatic heterocycles. The maximum atomic E-state index is 12.0. The number of amides is 1. The van der Waals surface area contributed by atoms with E-state index in [1.807, 2.05) is 32.0 Å². The van der Waals surface area contributed by atoms with Gasteiger partial charge in [0.15, 0.2) is 5.13 Å². The summed E-state index contributed by atoms with van der Waals surface area (Å²) in [5.41, 5.74) is 3.49. The van der Waals surface area contributed by atoms with Crippen LogP contribution in [-0.4, -0.2) is 21.6 Å². The van der Waals surface area contributed by atoms with Crippen molar-refractivity contribution in [3.8, 4) is 6.07 Å². The molecule has 0 saturated heterocycles. The molecule has 0 unspecified atom stereocenters. The van der Waals surface area contributed by atoms with Crippen molar-refractivity contribution >= 4 is 45.0 Å². The number of nitriles is 1. The summed E-state index contributed by atoms with van der Waals surface area (Å²) in [7, 11) is 0. The Morgan fingerprint density at radius 2 is 2.17 bits per heavy atom. The maximum Gasteiger partial charge on any atom is 0.236 e. The molecule has 0 radical (unpaired) electrons. The van der Waals surface area contributed by atoms with Crippen LogP contribution in [0.2, 0.25) is 0 Å². The predicted octanol–water partition coefficient (Wildman–Crippen LogP) is 3.91. The Bertz CT molecular complexity index is 945. The third-order valence-electron chi connectivity index (χ3n) is 3.51. The van der Waals surface area contributed by atoms with Crippen LogP contribution < -0.4 is 5.32 Å². The van der Waals surface area contributed by atoms with E-state index in [1.54, 1.807) is 11.6 Å². The van der Waals surface area contributed by atoms with E-state index < -0.39 is 0 Å². The summed E-state index contributed by atoms with van der Waals surface area (Å²) in [5.74, 6) is 0.0131. The quantitative estimate of drug-likeness (QED) is 0.719. The molecule has 0 spiro atoms. The lowest BCUT2D eigenvalue weighted by Crippen LogP contribution is -2.14. The molecule has 0 atom stereocenters. The number of anilines is 1. The van der Waals surface area contributed by atoms with Gasteiger partial charge < -0.3 is 5.32 Å². The van der Waals surface area contributed by atoms with Crippen molar-refractivity contribution in [3.63, 3.8) is 0 Å². The van der Waals surface area contributed by atoms with Crippen molar-refractivity contribution in [2.24, 2.45) is 0 Å². The number of hydrogen-bond acceptors (Lipinski definition) is 6. The second-order valence-corrected chi connectivity index (χ2v) is 7.08. The second-order valence-electron chi connectivity index (χ2n) is 5.22. The van der Waals surface area contributed by atoms with Gasteiger partial charge in [0.2, 0.25) is 5.91 Å². The van der Waals surface area contributed by atoms with Gasteiger partial charge in [0.1, 0.15) is 11.1 Å². The monoisotopic (exact) mass is 354 g/mol. The molecule has 3 aromatic rings. The Labute approximate surface area is 147 Å². The number of thiazole rings is 1. The molecule has 0 fully saturated rings. The number of rotatable bonds is 4. The van der Waals surface area contributed by atoms with Crippen molar-refractivity contribution < 1.29 is 4.79 Å². The standard InChI is InChI=1S/C17H14N4OS2/c1-10-3-4-11(2)15-13(10)7-12(8-18)16(21-15)24-9-14(22)20-17-19-5-6-23-17/h3-7H,9H2,1-2H3,(H,19,20,22). The van der Waals surface area contributed by atoms with E-state index >= 15 is 0 Å². The van der Waals surface area contributed by atoms with E-state index in [0.717, 1.165) is 22.0 Å². The highest BCUT2D eigenvalue weighted by Crippen LogP contribution is 2.28. The molecular weight excluding hydrogens is 340 g/mol. The van der Waals surface area contributed by atoms with E-state index in [-0.39, 0.29) is 11.7 Å². The number of carbonyl (C=O) groups is 1. The van der Waals surface area contributed by atoms with Crippen LogP contribution in [0, 0.1) is 25.2 Å². The number of pyridine rings is 1. The molecule has 24 heavy (non-hydrogen) atoms. The Balaban J connectivity index is 1.85. The first kappa shape index (κ1) is 16.4. The Hall–Kier alpha value is -2.43. The third kappa shape index (κ3) is 3.40. The molecule has 1 aromatic carbocycles. The molecule has 0 aliphatic rings. The number of fused-ring (bicyclic) bond motifs is 1. The summed E-state index contributed by atoms with van der Waals surface area (Å²) >= 11 is 2.63. The van der Waals surface area contributed by atoms with Crippen LogP contribution in [0.5, 0.6) is 0 Å². The molecule has 1 amide bonds. The third-order valence-corrected chi connectivity index (χ3v) is 5.19. The fourth-order valence-corrected chi connectivity index (χ4v) is 3.58. The van der Waals surface area contributed by atoms with Gasteiger partial charge in [-0.2, -0.15) is 5.26 Å². The van der Waals surface area contributed by atoms with Gasteiger partial charge in [-0.05, 0) is 31.0 Å². The summed E-state index contributed by atoms with van der Waals surface area (Å²) < 4.78 is 0. The number of hydrogen-bond donors (Lipinski definition) is 1. The van der Waals surface area contributed by atoms with Gasteiger partial charge >= 0.3 is 0 Å². The number of aromatic nitrogens is 2. The van der Waals surface area contributed by atoms with Crippen LogP contribution in [0.4, 0.5) is 5.13 Å². The minimum Gasteiger partial charge on any atom is -0.301 e. The lowest BCUT2D eigenvalue weighted by Gasteiger charge is -2.09. The van der Waals surface area contributed by atoms with Crippen LogP contribution in [-0.2, 0) is 4.79 Å². The molecule has 1 N–H and O–H groups in total. The largest absolute Gasteiger partial charge is 0.301 e. The topological polar surface area (TPSA) is 78.7 Å². The zero-order valence-corrected chi connectivity index (χ0v) is 14.8. The average Bonchev–Trinajstić information content (AvgIpc) is 3.08. The molecule has 0 aliphatic heterocycles. The van der Waals surface area contributed by atoms with E-state index in [4.69, 9.17) is 0 Å². The maximum absolute atomic E-state index is 12.0. The summed E-state index contributed by atoms with van der Waals surface area (Å²) in [4.78, 5) is 20.6. The minimum atomic E-state index is -0.165. The molecule has 7 heteroatoms. The Kier molecular flexibility index (Phi) is 4.79. The summed E-state index contributed by atoms with van der Waals surface area (Å²) in [6.07, 6.45) is 1.64. The van der Waals surface area contributed by atoms with E-state index in [0.29, 0.717) is 15.7 Å². The Morgan fingerprint density at radius 3 is 2.88 bits per heavy atom. The number of nitrogens with one attached hydrogen (secondary N) is 1. The SMILES string of the molecule is Cc1ccc(C)c2nc(SCC(=O)Nc3nccs3)c(C#N)cc12. The zero-order chi connectivity index (χ0) is 17.1. The highest BCUT2D eigenvalue weighted by atomic mass is 32.2. The van der Waals surface area contributed by atoms with E-state index in [2.05, 4.69) is 21.4 Å². The van der Waals surface area contributed by atoms with Gasteiger partial charge in [-0.3, -0.25) is 4.79 Å². The van der Waals surface area contributed by atoms with Crippen molar-refractivity contribution in [2.75, 3.05) is 11.1 Å². The summed E-state index contributed by atoms with van der Waals surface area (Å²) in [5, 5.41) is 16.0. The van der Waals surface area contributed by atoms with Crippen LogP contribution in [0.1, 0.15) is 16.7 Å².